The van der Waals surface area contributed by atoms with Crippen LogP contribution in [0.25, 0.3) is 11.4 Å². The molecule has 0 atom stereocenters. The maximum Gasteiger partial charge on any atom is 0.269 e. The second-order valence-corrected chi connectivity index (χ2v) is 7.64. The van der Waals surface area contributed by atoms with Crippen LogP contribution in [-0.4, -0.2) is 25.6 Å². The van der Waals surface area contributed by atoms with Gasteiger partial charge in [-0.3, -0.25) is 14.9 Å². The second-order valence-electron chi connectivity index (χ2n) is 6.53. The van der Waals surface area contributed by atoms with Gasteiger partial charge in [-0.25, -0.2) is 9.67 Å². The molecular weight excluding hydrogens is 414 g/mol. The van der Waals surface area contributed by atoms with Crippen LogP contribution in [0.4, 0.5) is 11.4 Å². The van der Waals surface area contributed by atoms with Gasteiger partial charge in [-0.2, -0.15) is 5.10 Å². The van der Waals surface area contributed by atoms with Gasteiger partial charge in [0, 0.05) is 27.5 Å². The number of hydrogen-bond donors (Lipinski definition) is 1. The molecule has 31 heavy (non-hydrogen) atoms. The third-order valence-electron chi connectivity index (χ3n) is 4.31. The Morgan fingerprint density at radius 1 is 1.00 bits per heavy atom. The zero-order valence-corrected chi connectivity index (χ0v) is 17.0. The first-order chi connectivity index (χ1) is 15.1. The molecule has 0 saturated carbocycles. The number of carbonyl (C=O) groups excluding carboxylic acids is 1. The van der Waals surface area contributed by atoms with Crippen molar-refractivity contribution in [2.45, 2.75) is 16.3 Å². The number of nitro benzene ring substituents is 1. The molecule has 1 N–H and O–H groups in total. The SMILES string of the molecule is O=C(Cn1cnc(-c2ccc([N+](=O)[O-])cc2)n1)Nc1ccccc1Sc1ccccc1. The van der Waals surface area contributed by atoms with Gasteiger partial charge in [-0.05, 0) is 36.4 Å². The van der Waals surface area contributed by atoms with E-state index in [1.165, 1.54) is 23.1 Å². The van der Waals surface area contributed by atoms with Crippen LogP contribution in [0.15, 0.2) is 95.0 Å². The molecule has 0 radical (unpaired) electrons. The first-order valence-electron chi connectivity index (χ1n) is 9.34. The molecule has 154 valence electrons. The van der Waals surface area contributed by atoms with Crippen molar-refractivity contribution in [1.82, 2.24) is 14.8 Å². The Kier molecular flexibility index (Phi) is 6.04. The Hall–Kier alpha value is -3.98. The number of hydrogen-bond acceptors (Lipinski definition) is 6. The molecule has 0 unspecified atom stereocenters. The minimum Gasteiger partial charge on any atom is -0.323 e. The normalized spacial score (nSPS) is 10.6. The van der Waals surface area contributed by atoms with Gasteiger partial charge in [0.15, 0.2) is 5.82 Å². The van der Waals surface area contributed by atoms with E-state index in [0.717, 1.165) is 15.5 Å². The van der Waals surface area contributed by atoms with Crippen LogP contribution in [-0.2, 0) is 11.3 Å². The number of anilines is 1. The van der Waals surface area contributed by atoms with Gasteiger partial charge in [-0.1, -0.05) is 42.1 Å². The van der Waals surface area contributed by atoms with Crippen LogP contribution in [0.2, 0.25) is 0 Å². The lowest BCUT2D eigenvalue weighted by Crippen LogP contribution is -2.19. The molecule has 1 heterocycles. The summed E-state index contributed by atoms with van der Waals surface area (Å²) < 4.78 is 1.43. The number of aromatic nitrogens is 3. The van der Waals surface area contributed by atoms with Crippen molar-refractivity contribution in [2.75, 3.05) is 5.32 Å². The first kappa shape index (κ1) is 20.3. The highest BCUT2D eigenvalue weighted by Crippen LogP contribution is 2.33. The van der Waals surface area contributed by atoms with Crippen molar-refractivity contribution < 1.29 is 9.72 Å². The van der Waals surface area contributed by atoms with Gasteiger partial charge >= 0.3 is 0 Å². The van der Waals surface area contributed by atoms with E-state index in [2.05, 4.69) is 15.4 Å². The summed E-state index contributed by atoms with van der Waals surface area (Å²) in [6, 6.07) is 23.5. The zero-order valence-electron chi connectivity index (χ0n) is 16.2. The quantitative estimate of drug-likeness (QED) is 0.338. The average Bonchev–Trinajstić information content (AvgIpc) is 3.24. The predicted molar refractivity (Wildman–Crippen MR) is 118 cm³/mol. The van der Waals surface area contributed by atoms with E-state index in [4.69, 9.17) is 0 Å². The number of non-ortho nitro benzene ring substituents is 1. The summed E-state index contributed by atoms with van der Waals surface area (Å²) in [5.74, 6) is 0.156. The monoisotopic (exact) mass is 431 g/mol. The highest BCUT2D eigenvalue weighted by atomic mass is 32.2. The highest BCUT2D eigenvalue weighted by Gasteiger charge is 2.12. The first-order valence-corrected chi connectivity index (χ1v) is 10.2. The van der Waals surface area contributed by atoms with Crippen LogP contribution in [0.1, 0.15) is 0 Å². The summed E-state index contributed by atoms with van der Waals surface area (Å²) in [5, 5.41) is 18.0. The number of nitro groups is 1. The van der Waals surface area contributed by atoms with Crippen molar-refractivity contribution in [1.29, 1.82) is 0 Å². The minimum absolute atomic E-state index is 0.00500. The van der Waals surface area contributed by atoms with Crippen molar-refractivity contribution in [3.63, 3.8) is 0 Å². The van der Waals surface area contributed by atoms with Crippen molar-refractivity contribution in [3.8, 4) is 11.4 Å². The van der Waals surface area contributed by atoms with Crippen molar-refractivity contribution in [3.05, 3.63) is 95.3 Å². The lowest BCUT2D eigenvalue weighted by Gasteiger charge is -2.10. The topological polar surface area (TPSA) is 103 Å². The molecule has 0 spiro atoms. The number of nitrogens with one attached hydrogen (secondary N) is 1. The molecule has 3 aromatic carbocycles. The maximum absolute atomic E-state index is 12.6. The molecule has 0 bridgehead atoms. The Labute approximate surface area is 182 Å². The van der Waals surface area contributed by atoms with Crippen LogP contribution in [0, 0.1) is 10.1 Å². The number of rotatable bonds is 7. The lowest BCUT2D eigenvalue weighted by molar-refractivity contribution is -0.384. The lowest BCUT2D eigenvalue weighted by atomic mass is 10.2. The second kappa shape index (κ2) is 9.23. The number of amides is 1. The summed E-state index contributed by atoms with van der Waals surface area (Å²) in [6.07, 6.45) is 1.46. The average molecular weight is 431 g/mol. The molecule has 1 aromatic heterocycles. The summed E-state index contributed by atoms with van der Waals surface area (Å²) >= 11 is 1.57. The van der Waals surface area contributed by atoms with E-state index in [1.54, 1.807) is 23.9 Å². The summed E-state index contributed by atoms with van der Waals surface area (Å²) in [7, 11) is 0. The van der Waals surface area contributed by atoms with Crippen LogP contribution in [0.5, 0.6) is 0 Å². The van der Waals surface area contributed by atoms with Gasteiger partial charge in [0.05, 0.1) is 10.6 Å². The fourth-order valence-corrected chi connectivity index (χ4v) is 3.77. The zero-order chi connectivity index (χ0) is 21.6. The Morgan fingerprint density at radius 3 is 2.45 bits per heavy atom. The minimum atomic E-state index is -0.464. The van der Waals surface area contributed by atoms with Gasteiger partial charge in [-0.15, -0.1) is 0 Å². The maximum atomic E-state index is 12.6. The Balaban J connectivity index is 1.42. The van der Waals surface area contributed by atoms with E-state index in [0.29, 0.717) is 11.4 Å². The van der Waals surface area contributed by atoms with Crippen molar-refractivity contribution in [2.24, 2.45) is 0 Å². The molecule has 8 nitrogen and oxygen atoms in total. The van der Waals surface area contributed by atoms with E-state index in [-0.39, 0.29) is 18.1 Å². The van der Waals surface area contributed by atoms with Gasteiger partial charge in [0.2, 0.25) is 5.91 Å². The molecule has 0 saturated heterocycles. The molecule has 0 aliphatic heterocycles. The van der Waals surface area contributed by atoms with E-state index < -0.39 is 4.92 Å². The largest absolute Gasteiger partial charge is 0.323 e. The van der Waals surface area contributed by atoms with Gasteiger partial charge in [0.1, 0.15) is 12.9 Å². The standard InChI is InChI=1S/C22H17N5O3S/c28-21(24-19-8-4-5-9-20(19)31-18-6-2-1-3-7-18)14-26-15-23-22(25-26)16-10-12-17(13-11-16)27(29)30/h1-13,15H,14H2,(H,24,28). The number of carbonyl (C=O) groups is 1. The molecule has 0 fully saturated rings. The van der Waals surface area contributed by atoms with Gasteiger partial charge < -0.3 is 5.32 Å². The predicted octanol–water partition coefficient (Wildman–Crippen LogP) is 4.64. The number of nitrogens with zero attached hydrogens (tertiary/aromatic N) is 4. The summed E-state index contributed by atoms with van der Waals surface area (Å²) in [6.45, 7) is -0.00960. The molecule has 0 aliphatic rings. The Morgan fingerprint density at radius 2 is 1.71 bits per heavy atom. The summed E-state index contributed by atoms with van der Waals surface area (Å²) in [5.41, 5.74) is 1.35. The van der Waals surface area contributed by atoms with Crippen LogP contribution >= 0.6 is 11.8 Å². The van der Waals surface area contributed by atoms with E-state index in [1.807, 2.05) is 54.6 Å². The van der Waals surface area contributed by atoms with E-state index in [9.17, 15) is 14.9 Å². The number of para-hydroxylation sites is 1. The molecule has 1 amide bonds. The molecule has 0 aliphatic carbocycles. The Bertz CT molecular complexity index is 1210. The molecule has 9 heteroatoms. The summed E-state index contributed by atoms with van der Waals surface area (Å²) in [4.78, 5) is 29.1. The van der Waals surface area contributed by atoms with Crippen LogP contribution in [0.3, 0.4) is 0 Å². The number of benzene rings is 3. The van der Waals surface area contributed by atoms with Gasteiger partial charge in [0.25, 0.3) is 5.69 Å². The van der Waals surface area contributed by atoms with Crippen LogP contribution < -0.4 is 5.32 Å². The van der Waals surface area contributed by atoms with E-state index >= 15 is 0 Å². The third-order valence-corrected chi connectivity index (χ3v) is 5.39. The smallest absolute Gasteiger partial charge is 0.269 e. The fourth-order valence-electron chi connectivity index (χ4n) is 2.85. The third kappa shape index (κ3) is 5.14. The van der Waals surface area contributed by atoms with Crippen molar-refractivity contribution >= 4 is 29.0 Å². The highest BCUT2D eigenvalue weighted by molar-refractivity contribution is 7.99. The molecular formula is C22H17N5O3S. The fraction of sp³-hybridized carbons (Fsp3) is 0.0455. The molecule has 4 aromatic rings. The molecule has 4 rings (SSSR count).